The molecule has 33 heavy (non-hydrogen) atoms. The number of esters is 1. The van der Waals surface area contributed by atoms with Gasteiger partial charge in [-0.1, -0.05) is 45.9 Å². The van der Waals surface area contributed by atoms with Crippen LogP contribution in [0.1, 0.15) is 56.2 Å². The van der Waals surface area contributed by atoms with Gasteiger partial charge in [0, 0.05) is 18.3 Å². The zero-order valence-corrected chi connectivity index (χ0v) is 20.7. The van der Waals surface area contributed by atoms with Gasteiger partial charge in [-0.25, -0.2) is 0 Å². The van der Waals surface area contributed by atoms with Gasteiger partial charge < -0.3 is 19.5 Å². The SMILES string of the molecule is COC(=O)CN(CC(=O)Nc1c(C(C)C)cccc1C(C)C)Cc1cc(OC)cc(OC)c1. The molecule has 2 rings (SSSR count). The van der Waals surface area contributed by atoms with Crippen molar-refractivity contribution in [1.82, 2.24) is 4.90 Å². The first kappa shape index (κ1) is 26.2. The Morgan fingerprint density at radius 1 is 0.879 bits per heavy atom. The van der Waals surface area contributed by atoms with Gasteiger partial charge in [-0.2, -0.15) is 0 Å². The Balaban J connectivity index is 2.28. The van der Waals surface area contributed by atoms with Crippen LogP contribution in [0.4, 0.5) is 5.69 Å². The molecule has 0 heterocycles. The van der Waals surface area contributed by atoms with E-state index in [4.69, 9.17) is 14.2 Å². The van der Waals surface area contributed by atoms with Crippen molar-refractivity contribution < 1.29 is 23.8 Å². The van der Waals surface area contributed by atoms with E-state index in [2.05, 4.69) is 33.0 Å². The number of hydrogen-bond acceptors (Lipinski definition) is 6. The van der Waals surface area contributed by atoms with E-state index in [1.807, 2.05) is 30.3 Å². The largest absolute Gasteiger partial charge is 0.497 e. The molecule has 0 saturated carbocycles. The minimum atomic E-state index is -0.414. The number of ether oxygens (including phenoxy) is 3. The average molecular weight is 457 g/mol. The van der Waals surface area contributed by atoms with E-state index in [1.165, 1.54) is 7.11 Å². The number of carbonyl (C=O) groups excluding carboxylic acids is 2. The second kappa shape index (κ2) is 12.3. The monoisotopic (exact) mass is 456 g/mol. The number of methoxy groups -OCH3 is 3. The lowest BCUT2D eigenvalue weighted by Crippen LogP contribution is -2.37. The third kappa shape index (κ3) is 7.49. The summed E-state index contributed by atoms with van der Waals surface area (Å²) in [6.07, 6.45) is 0. The molecule has 0 atom stereocenters. The molecular weight excluding hydrogens is 420 g/mol. The maximum Gasteiger partial charge on any atom is 0.319 e. The summed E-state index contributed by atoms with van der Waals surface area (Å²) >= 11 is 0. The molecule has 0 bridgehead atoms. The number of carbonyl (C=O) groups is 2. The molecule has 2 aromatic carbocycles. The maximum atomic E-state index is 13.1. The quantitative estimate of drug-likeness (QED) is 0.500. The Kier molecular flexibility index (Phi) is 9.73. The van der Waals surface area contributed by atoms with Crippen molar-refractivity contribution in [3.63, 3.8) is 0 Å². The number of hydrogen-bond donors (Lipinski definition) is 1. The molecular formula is C26H36N2O5. The fourth-order valence-electron chi connectivity index (χ4n) is 3.71. The number of para-hydroxylation sites is 1. The molecule has 0 aromatic heterocycles. The highest BCUT2D eigenvalue weighted by molar-refractivity contribution is 5.94. The highest BCUT2D eigenvalue weighted by Crippen LogP contribution is 2.32. The van der Waals surface area contributed by atoms with Gasteiger partial charge in [-0.15, -0.1) is 0 Å². The van der Waals surface area contributed by atoms with Crippen molar-refractivity contribution in [2.24, 2.45) is 0 Å². The molecule has 7 nitrogen and oxygen atoms in total. The number of amides is 1. The molecule has 2 aromatic rings. The van der Waals surface area contributed by atoms with Gasteiger partial charge in [0.25, 0.3) is 0 Å². The van der Waals surface area contributed by atoms with Crippen LogP contribution in [-0.4, -0.2) is 51.2 Å². The van der Waals surface area contributed by atoms with Crippen LogP contribution in [0.15, 0.2) is 36.4 Å². The minimum absolute atomic E-state index is 0.0215. The van der Waals surface area contributed by atoms with E-state index in [-0.39, 0.29) is 30.8 Å². The third-order valence-electron chi connectivity index (χ3n) is 5.40. The number of benzene rings is 2. The lowest BCUT2D eigenvalue weighted by atomic mass is 9.92. The first-order valence-corrected chi connectivity index (χ1v) is 11.1. The first-order chi connectivity index (χ1) is 15.7. The molecule has 1 amide bonds. The van der Waals surface area contributed by atoms with Crippen molar-refractivity contribution in [3.8, 4) is 11.5 Å². The van der Waals surface area contributed by atoms with E-state index in [1.54, 1.807) is 25.2 Å². The van der Waals surface area contributed by atoms with E-state index >= 15 is 0 Å². The van der Waals surface area contributed by atoms with Crippen LogP contribution < -0.4 is 14.8 Å². The predicted molar refractivity (Wildman–Crippen MR) is 130 cm³/mol. The second-order valence-electron chi connectivity index (χ2n) is 8.61. The molecule has 0 spiro atoms. The Hall–Kier alpha value is -3.06. The van der Waals surface area contributed by atoms with Gasteiger partial charge in [0.05, 0.1) is 34.4 Å². The van der Waals surface area contributed by atoms with Crippen molar-refractivity contribution in [2.75, 3.05) is 39.7 Å². The lowest BCUT2D eigenvalue weighted by Gasteiger charge is -2.24. The van der Waals surface area contributed by atoms with Gasteiger partial charge >= 0.3 is 5.97 Å². The minimum Gasteiger partial charge on any atom is -0.497 e. The molecule has 7 heteroatoms. The molecule has 1 N–H and O–H groups in total. The van der Waals surface area contributed by atoms with Gasteiger partial charge in [0.2, 0.25) is 5.91 Å². The summed E-state index contributed by atoms with van der Waals surface area (Å²) in [5, 5.41) is 3.11. The number of rotatable bonds is 11. The number of anilines is 1. The zero-order chi connectivity index (χ0) is 24.5. The average Bonchev–Trinajstić information content (AvgIpc) is 2.78. The third-order valence-corrected chi connectivity index (χ3v) is 5.40. The Bertz CT molecular complexity index is 907. The molecule has 0 radical (unpaired) electrons. The van der Waals surface area contributed by atoms with E-state index < -0.39 is 5.97 Å². The molecule has 0 fully saturated rings. The molecule has 0 unspecified atom stereocenters. The van der Waals surface area contributed by atoms with Crippen molar-refractivity contribution in [3.05, 3.63) is 53.1 Å². The summed E-state index contributed by atoms with van der Waals surface area (Å²) in [7, 11) is 4.50. The fraction of sp³-hybridized carbons (Fsp3) is 0.462. The normalized spacial score (nSPS) is 11.1. The van der Waals surface area contributed by atoms with E-state index in [0.717, 1.165) is 22.4 Å². The maximum absolute atomic E-state index is 13.1. The van der Waals surface area contributed by atoms with E-state index in [0.29, 0.717) is 18.0 Å². The van der Waals surface area contributed by atoms with Crippen molar-refractivity contribution >= 4 is 17.6 Å². The lowest BCUT2D eigenvalue weighted by molar-refractivity contribution is -0.142. The van der Waals surface area contributed by atoms with Gasteiger partial charge in [0.15, 0.2) is 0 Å². The predicted octanol–water partition coefficient (Wildman–Crippen LogP) is 4.56. The van der Waals surface area contributed by atoms with Crippen LogP contribution in [0, 0.1) is 0 Å². The molecule has 0 saturated heterocycles. The standard InChI is InChI=1S/C26H36N2O5/c1-17(2)22-9-8-10-23(18(3)4)26(22)27-24(29)15-28(16-25(30)33-7)14-19-11-20(31-5)13-21(12-19)32-6/h8-13,17-18H,14-16H2,1-7H3,(H,27,29). The fourth-order valence-corrected chi connectivity index (χ4v) is 3.71. The summed E-state index contributed by atoms with van der Waals surface area (Å²) in [6, 6.07) is 11.6. The topological polar surface area (TPSA) is 77.1 Å². The van der Waals surface area contributed by atoms with Crippen LogP contribution in [-0.2, 0) is 20.9 Å². The summed E-state index contributed by atoms with van der Waals surface area (Å²) in [4.78, 5) is 26.9. The molecule has 0 aliphatic heterocycles. The molecule has 0 aliphatic rings. The van der Waals surface area contributed by atoms with Crippen LogP contribution in [0.5, 0.6) is 11.5 Å². The van der Waals surface area contributed by atoms with Crippen LogP contribution in [0.3, 0.4) is 0 Å². The summed E-state index contributed by atoms with van der Waals surface area (Å²) < 4.78 is 15.5. The summed E-state index contributed by atoms with van der Waals surface area (Å²) in [6.45, 7) is 8.77. The molecule has 0 aliphatic carbocycles. The first-order valence-electron chi connectivity index (χ1n) is 11.1. The number of nitrogens with one attached hydrogen (secondary N) is 1. The highest BCUT2D eigenvalue weighted by atomic mass is 16.5. The van der Waals surface area contributed by atoms with Crippen molar-refractivity contribution in [2.45, 2.75) is 46.1 Å². The Labute approximate surface area is 197 Å². The summed E-state index contributed by atoms with van der Waals surface area (Å²) in [5.74, 6) is 1.19. The van der Waals surface area contributed by atoms with Crippen LogP contribution in [0.2, 0.25) is 0 Å². The van der Waals surface area contributed by atoms with E-state index in [9.17, 15) is 9.59 Å². The van der Waals surface area contributed by atoms with Crippen LogP contribution in [0.25, 0.3) is 0 Å². The second-order valence-corrected chi connectivity index (χ2v) is 8.61. The van der Waals surface area contributed by atoms with Crippen LogP contribution >= 0.6 is 0 Å². The number of nitrogens with zero attached hydrogens (tertiary/aromatic N) is 1. The van der Waals surface area contributed by atoms with Gasteiger partial charge in [-0.05, 0) is 40.7 Å². The summed E-state index contributed by atoms with van der Waals surface area (Å²) in [5.41, 5.74) is 3.89. The smallest absolute Gasteiger partial charge is 0.319 e. The Morgan fingerprint density at radius 3 is 1.88 bits per heavy atom. The highest BCUT2D eigenvalue weighted by Gasteiger charge is 2.20. The Morgan fingerprint density at radius 2 is 1.42 bits per heavy atom. The molecule has 180 valence electrons. The van der Waals surface area contributed by atoms with Gasteiger partial charge in [-0.3, -0.25) is 14.5 Å². The zero-order valence-electron chi connectivity index (χ0n) is 20.7. The van der Waals surface area contributed by atoms with Gasteiger partial charge in [0.1, 0.15) is 11.5 Å². The van der Waals surface area contributed by atoms with Crippen molar-refractivity contribution in [1.29, 1.82) is 0 Å².